The van der Waals surface area contributed by atoms with Crippen molar-refractivity contribution in [1.82, 2.24) is 9.97 Å². The van der Waals surface area contributed by atoms with Crippen molar-refractivity contribution in [2.75, 3.05) is 17.4 Å². The average molecular weight is 376 g/mol. The van der Waals surface area contributed by atoms with E-state index in [4.69, 9.17) is 9.47 Å². The molecule has 0 unspecified atom stereocenters. The van der Waals surface area contributed by atoms with Gasteiger partial charge in [0.25, 0.3) is 5.91 Å². The number of aromatic nitrogens is 2. The Balaban J connectivity index is 1.47. The van der Waals surface area contributed by atoms with E-state index in [0.29, 0.717) is 35.4 Å². The van der Waals surface area contributed by atoms with Gasteiger partial charge in [-0.2, -0.15) is 0 Å². The molecule has 0 aliphatic carbocycles. The third-order valence-electron chi connectivity index (χ3n) is 4.25. The number of nitrogens with one attached hydrogen (secondary N) is 2. The van der Waals surface area contributed by atoms with E-state index < -0.39 is 0 Å². The standard InChI is InChI=1S/C21H20N4O3/c1-13-4-3-5-15(8-13)11-22-21-23-14(2)9-17(25-21)20(26)24-16-6-7-18-19(10-16)28-12-27-18/h3-10H,11-12H2,1-2H3,(H,24,26)(H,22,23,25). The fourth-order valence-electron chi connectivity index (χ4n) is 2.94. The first-order valence-corrected chi connectivity index (χ1v) is 8.93. The number of rotatable bonds is 5. The van der Waals surface area contributed by atoms with Gasteiger partial charge < -0.3 is 20.1 Å². The number of hydrogen-bond acceptors (Lipinski definition) is 6. The van der Waals surface area contributed by atoms with E-state index >= 15 is 0 Å². The summed E-state index contributed by atoms with van der Waals surface area (Å²) in [5.41, 5.74) is 3.92. The minimum absolute atomic E-state index is 0.188. The van der Waals surface area contributed by atoms with E-state index in [-0.39, 0.29) is 18.4 Å². The Morgan fingerprint density at radius 2 is 1.89 bits per heavy atom. The first-order chi connectivity index (χ1) is 13.6. The molecule has 2 aromatic carbocycles. The minimum atomic E-state index is -0.317. The van der Waals surface area contributed by atoms with Gasteiger partial charge in [-0.1, -0.05) is 29.8 Å². The normalized spacial score (nSPS) is 11.9. The summed E-state index contributed by atoms with van der Waals surface area (Å²) in [7, 11) is 0. The molecule has 0 saturated carbocycles. The van der Waals surface area contributed by atoms with Crippen molar-refractivity contribution < 1.29 is 14.3 Å². The summed E-state index contributed by atoms with van der Waals surface area (Å²) in [6, 6.07) is 15.1. The molecule has 0 atom stereocenters. The molecule has 1 amide bonds. The van der Waals surface area contributed by atoms with Gasteiger partial charge in [-0.25, -0.2) is 9.97 Å². The number of hydrogen-bond donors (Lipinski definition) is 2. The van der Waals surface area contributed by atoms with Crippen molar-refractivity contribution in [2.24, 2.45) is 0 Å². The van der Waals surface area contributed by atoms with Crippen molar-refractivity contribution in [1.29, 1.82) is 0 Å². The molecule has 7 heteroatoms. The molecule has 1 aliphatic heterocycles. The van der Waals surface area contributed by atoms with Crippen LogP contribution in [-0.2, 0) is 6.54 Å². The molecule has 0 radical (unpaired) electrons. The zero-order chi connectivity index (χ0) is 19.5. The maximum absolute atomic E-state index is 12.6. The lowest BCUT2D eigenvalue weighted by atomic mass is 10.1. The second-order valence-corrected chi connectivity index (χ2v) is 6.58. The monoisotopic (exact) mass is 376 g/mol. The zero-order valence-corrected chi connectivity index (χ0v) is 15.7. The number of benzene rings is 2. The average Bonchev–Trinajstić information content (AvgIpc) is 3.14. The molecule has 0 bridgehead atoms. The molecule has 28 heavy (non-hydrogen) atoms. The lowest BCUT2D eigenvalue weighted by Gasteiger charge is -2.10. The molecule has 7 nitrogen and oxygen atoms in total. The quantitative estimate of drug-likeness (QED) is 0.706. The van der Waals surface area contributed by atoms with E-state index in [2.05, 4.69) is 26.7 Å². The van der Waals surface area contributed by atoms with Gasteiger partial charge in [0.1, 0.15) is 5.69 Å². The van der Waals surface area contributed by atoms with Crippen LogP contribution >= 0.6 is 0 Å². The lowest BCUT2D eigenvalue weighted by molar-refractivity contribution is 0.102. The highest BCUT2D eigenvalue weighted by atomic mass is 16.7. The van der Waals surface area contributed by atoms with Crippen LogP contribution in [0, 0.1) is 13.8 Å². The fraction of sp³-hybridized carbons (Fsp3) is 0.190. The highest BCUT2D eigenvalue weighted by molar-refractivity contribution is 6.03. The van der Waals surface area contributed by atoms with Crippen molar-refractivity contribution in [2.45, 2.75) is 20.4 Å². The maximum atomic E-state index is 12.6. The number of fused-ring (bicyclic) bond motifs is 1. The summed E-state index contributed by atoms with van der Waals surface area (Å²) < 4.78 is 10.6. The van der Waals surface area contributed by atoms with Gasteiger partial charge in [-0.15, -0.1) is 0 Å². The second-order valence-electron chi connectivity index (χ2n) is 6.58. The first-order valence-electron chi connectivity index (χ1n) is 8.93. The summed E-state index contributed by atoms with van der Waals surface area (Å²) in [6.07, 6.45) is 0. The Morgan fingerprint density at radius 1 is 1.04 bits per heavy atom. The van der Waals surface area contributed by atoms with Crippen molar-refractivity contribution in [3.8, 4) is 11.5 Å². The van der Waals surface area contributed by atoms with Crippen LogP contribution in [0.3, 0.4) is 0 Å². The zero-order valence-electron chi connectivity index (χ0n) is 15.7. The van der Waals surface area contributed by atoms with Crippen LogP contribution in [0.2, 0.25) is 0 Å². The van der Waals surface area contributed by atoms with Crippen LogP contribution in [0.15, 0.2) is 48.5 Å². The van der Waals surface area contributed by atoms with Crippen LogP contribution in [0.25, 0.3) is 0 Å². The summed E-state index contributed by atoms with van der Waals surface area (Å²) in [6.45, 7) is 4.64. The maximum Gasteiger partial charge on any atom is 0.274 e. The van der Waals surface area contributed by atoms with Crippen molar-refractivity contribution in [3.63, 3.8) is 0 Å². The number of anilines is 2. The van der Waals surface area contributed by atoms with Gasteiger partial charge in [0.15, 0.2) is 11.5 Å². The van der Waals surface area contributed by atoms with Gasteiger partial charge in [-0.05, 0) is 37.6 Å². The highest BCUT2D eigenvalue weighted by Crippen LogP contribution is 2.34. The molecule has 4 rings (SSSR count). The molecule has 142 valence electrons. The number of nitrogens with zero attached hydrogens (tertiary/aromatic N) is 2. The van der Waals surface area contributed by atoms with Crippen molar-refractivity contribution in [3.05, 3.63) is 71.0 Å². The molecule has 0 fully saturated rings. The van der Waals surface area contributed by atoms with Crippen LogP contribution in [0.1, 0.15) is 27.3 Å². The molecule has 2 heterocycles. The lowest BCUT2D eigenvalue weighted by Crippen LogP contribution is -2.16. The van der Waals surface area contributed by atoms with Gasteiger partial charge in [0, 0.05) is 24.0 Å². The third-order valence-corrected chi connectivity index (χ3v) is 4.25. The van der Waals surface area contributed by atoms with Gasteiger partial charge in [0.2, 0.25) is 12.7 Å². The summed E-state index contributed by atoms with van der Waals surface area (Å²) in [4.78, 5) is 21.4. The third kappa shape index (κ3) is 4.03. The van der Waals surface area contributed by atoms with Crippen LogP contribution in [-0.4, -0.2) is 22.7 Å². The second kappa shape index (κ2) is 7.56. The molecule has 2 N–H and O–H groups in total. The van der Waals surface area contributed by atoms with Gasteiger partial charge in [0.05, 0.1) is 0 Å². The van der Waals surface area contributed by atoms with Crippen LogP contribution in [0.5, 0.6) is 11.5 Å². The number of carbonyl (C=O) groups excluding carboxylic acids is 1. The number of ether oxygens (including phenoxy) is 2. The topological polar surface area (TPSA) is 85.4 Å². The van der Waals surface area contributed by atoms with E-state index in [1.54, 1.807) is 24.3 Å². The van der Waals surface area contributed by atoms with E-state index in [0.717, 1.165) is 5.56 Å². The van der Waals surface area contributed by atoms with E-state index in [9.17, 15) is 4.79 Å². The molecule has 0 saturated heterocycles. The molecular formula is C21H20N4O3. The Labute approximate surface area is 162 Å². The van der Waals surface area contributed by atoms with Crippen LogP contribution < -0.4 is 20.1 Å². The number of carbonyl (C=O) groups is 1. The van der Waals surface area contributed by atoms with Crippen LogP contribution in [0.4, 0.5) is 11.6 Å². The fourth-order valence-corrected chi connectivity index (χ4v) is 2.94. The number of amides is 1. The Morgan fingerprint density at radius 3 is 2.75 bits per heavy atom. The van der Waals surface area contributed by atoms with Gasteiger partial charge in [-0.3, -0.25) is 4.79 Å². The molecule has 3 aromatic rings. The Bertz CT molecular complexity index is 1040. The highest BCUT2D eigenvalue weighted by Gasteiger charge is 2.16. The van der Waals surface area contributed by atoms with Gasteiger partial charge >= 0.3 is 0 Å². The largest absolute Gasteiger partial charge is 0.454 e. The molecule has 0 spiro atoms. The van der Waals surface area contributed by atoms with E-state index in [1.165, 1.54) is 5.56 Å². The molecule has 1 aromatic heterocycles. The summed E-state index contributed by atoms with van der Waals surface area (Å²) in [5.74, 6) is 1.37. The summed E-state index contributed by atoms with van der Waals surface area (Å²) in [5, 5.41) is 6.01. The Hall–Kier alpha value is -3.61. The smallest absolute Gasteiger partial charge is 0.274 e. The first kappa shape index (κ1) is 17.8. The molecule has 1 aliphatic rings. The minimum Gasteiger partial charge on any atom is -0.454 e. The predicted molar refractivity (Wildman–Crippen MR) is 106 cm³/mol. The molecular weight excluding hydrogens is 356 g/mol. The summed E-state index contributed by atoms with van der Waals surface area (Å²) >= 11 is 0. The predicted octanol–water partition coefficient (Wildman–Crippen LogP) is 3.69. The Kier molecular flexibility index (Phi) is 4.80. The SMILES string of the molecule is Cc1cccc(CNc2nc(C)cc(C(=O)Nc3ccc4c(c3)OCO4)n2)c1. The van der Waals surface area contributed by atoms with E-state index in [1.807, 2.05) is 32.0 Å². The number of aryl methyl sites for hydroxylation is 2. The van der Waals surface area contributed by atoms with Crippen molar-refractivity contribution >= 4 is 17.5 Å².